The number of carbonyl (C=O) groups excluding carboxylic acids is 2. The van der Waals surface area contributed by atoms with Crippen molar-refractivity contribution >= 4 is 23.5 Å². The summed E-state index contributed by atoms with van der Waals surface area (Å²) in [7, 11) is 0. The molecule has 6 heteroatoms. The molecule has 0 aromatic rings. The van der Waals surface area contributed by atoms with Crippen LogP contribution in [0.4, 0.5) is 0 Å². The third kappa shape index (κ3) is 14.3. The Labute approximate surface area is 99.6 Å². The maximum Gasteiger partial charge on any atom is 0.310 e. The smallest absolute Gasteiger partial charge is 0.310 e. The highest BCUT2D eigenvalue weighted by Crippen LogP contribution is 2.16. The maximum atomic E-state index is 10.9. The molecule has 2 N–H and O–H groups in total. The van der Waals surface area contributed by atoms with Gasteiger partial charge in [0, 0.05) is 5.41 Å². The summed E-state index contributed by atoms with van der Waals surface area (Å²) in [5.74, 6) is -2.67. The van der Waals surface area contributed by atoms with Crippen molar-refractivity contribution in [1.82, 2.24) is 0 Å². The van der Waals surface area contributed by atoms with Gasteiger partial charge in [-0.05, 0) is 6.92 Å². The molecule has 17 heavy (non-hydrogen) atoms. The van der Waals surface area contributed by atoms with Crippen LogP contribution >= 0.6 is 0 Å². The molecule has 0 fully saturated rings. The van der Waals surface area contributed by atoms with Crippen molar-refractivity contribution < 1.29 is 29.4 Å². The minimum atomic E-state index is -1.06. The minimum Gasteiger partial charge on any atom is -0.481 e. The zero-order valence-corrected chi connectivity index (χ0v) is 10.4. The predicted molar refractivity (Wildman–Crippen MR) is 59.6 cm³/mol. The fraction of sp³-hybridized carbons (Fsp3) is 0.636. The first kappa shape index (κ1) is 17.7. The molecular weight excluding hydrogens is 228 g/mol. The first-order valence-corrected chi connectivity index (χ1v) is 4.93. The number of ketones is 2. The molecule has 0 heterocycles. The molecule has 0 aliphatic heterocycles. The van der Waals surface area contributed by atoms with Crippen LogP contribution in [0.3, 0.4) is 0 Å². The summed E-state index contributed by atoms with van der Waals surface area (Å²) in [5, 5.41) is 16.1. The Hall–Kier alpha value is -1.72. The van der Waals surface area contributed by atoms with Crippen LogP contribution in [0.2, 0.25) is 0 Å². The van der Waals surface area contributed by atoms with Crippen molar-refractivity contribution in [2.45, 2.75) is 40.5 Å². The van der Waals surface area contributed by atoms with Gasteiger partial charge in [-0.25, -0.2) is 0 Å². The van der Waals surface area contributed by atoms with Crippen molar-refractivity contribution in [3.05, 3.63) is 0 Å². The van der Waals surface area contributed by atoms with Gasteiger partial charge in [0.05, 0.1) is 0 Å². The van der Waals surface area contributed by atoms with Gasteiger partial charge in [-0.3, -0.25) is 19.2 Å². The molecule has 6 nitrogen and oxygen atoms in total. The molecule has 0 saturated heterocycles. The van der Waals surface area contributed by atoms with E-state index in [2.05, 4.69) is 0 Å². The van der Waals surface area contributed by atoms with Crippen molar-refractivity contribution in [2.75, 3.05) is 0 Å². The molecule has 0 aliphatic carbocycles. The van der Waals surface area contributed by atoms with Gasteiger partial charge in [0.2, 0.25) is 0 Å². The topological polar surface area (TPSA) is 109 Å². The molecule has 0 rings (SSSR count). The first-order valence-electron chi connectivity index (χ1n) is 4.93. The van der Waals surface area contributed by atoms with E-state index in [4.69, 9.17) is 10.2 Å². The summed E-state index contributed by atoms with van der Waals surface area (Å²) in [6, 6.07) is 0. The Balaban J connectivity index is 0. The van der Waals surface area contributed by atoms with Crippen LogP contribution in [0.1, 0.15) is 40.5 Å². The fourth-order valence-electron chi connectivity index (χ4n) is 0.615. The second-order valence-corrected chi connectivity index (χ2v) is 4.52. The van der Waals surface area contributed by atoms with Gasteiger partial charge < -0.3 is 10.2 Å². The predicted octanol–water partition coefficient (Wildman–Crippen LogP) is 1.13. The van der Waals surface area contributed by atoms with Gasteiger partial charge in [-0.1, -0.05) is 20.8 Å². The van der Waals surface area contributed by atoms with E-state index in [-0.39, 0.29) is 24.4 Å². The Morgan fingerprint density at radius 3 is 1.29 bits per heavy atom. The molecule has 0 unspecified atom stereocenters. The second-order valence-electron chi connectivity index (χ2n) is 4.52. The Kier molecular flexibility index (Phi) is 7.83. The van der Waals surface area contributed by atoms with E-state index in [1.807, 2.05) is 0 Å². The maximum absolute atomic E-state index is 10.9. The number of rotatable bonds is 4. The molecule has 0 bridgehead atoms. The largest absolute Gasteiger partial charge is 0.481 e. The first-order chi connectivity index (χ1) is 7.46. The number of hydrogen-bond acceptors (Lipinski definition) is 4. The molecule has 0 spiro atoms. The van der Waals surface area contributed by atoms with E-state index in [1.165, 1.54) is 6.92 Å². The summed E-state index contributed by atoms with van der Waals surface area (Å²) in [4.78, 5) is 40.4. The average Bonchev–Trinajstić information content (AvgIpc) is 1.98. The number of carbonyl (C=O) groups is 4. The lowest BCUT2D eigenvalue weighted by Gasteiger charge is -2.14. The molecule has 0 aromatic heterocycles. The van der Waals surface area contributed by atoms with Crippen LogP contribution in [0.5, 0.6) is 0 Å². The van der Waals surface area contributed by atoms with Crippen LogP contribution in [-0.2, 0) is 19.2 Å². The van der Waals surface area contributed by atoms with E-state index < -0.39 is 17.4 Å². The number of carboxylic acid groups (broad SMARTS) is 2. The summed E-state index contributed by atoms with van der Waals surface area (Å²) >= 11 is 0. The highest BCUT2D eigenvalue weighted by Gasteiger charge is 2.22. The van der Waals surface area contributed by atoms with Crippen LogP contribution in [0, 0.1) is 5.41 Å². The fourth-order valence-corrected chi connectivity index (χ4v) is 0.615. The highest BCUT2D eigenvalue weighted by atomic mass is 16.4. The number of carboxylic acids is 2. The van der Waals surface area contributed by atoms with Crippen molar-refractivity contribution in [3.63, 3.8) is 0 Å². The van der Waals surface area contributed by atoms with Gasteiger partial charge in [0.25, 0.3) is 0 Å². The lowest BCUT2D eigenvalue weighted by molar-refractivity contribution is -0.143. The SMILES string of the molecule is CC(=O)CC(=O)O.CC(C)(C)C(=O)CC(=O)O. The molecule has 0 radical (unpaired) electrons. The van der Waals surface area contributed by atoms with Crippen LogP contribution < -0.4 is 0 Å². The number of hydrogen-bond donors (Lipinski definition) is 2. The van der Waals surface area contributed by atoms with Gasteiger partial charge in [-0.15, -0.1) is 0 Å². The lowest BCUT2D eigenvalue weighted by Crippen LogP contribution is -2.22. The Bertz CT molecular complexity index is 298. The van der Waals surface area contributed by atoms with Crippen molar-refractivity contribution in [1.29, 1.82) is 0 Å². The molecule has 0 atom stereocenters. The summed E-state index contributed by atoms with van der Waals surface area (Å²) in [6.07, 6.45) is -0.733. The molecule has 0 aliphatic rings. The van der Waals surface area contributed by atoms with E-state index in [0.717, 1.165) is 0 Å². The summed E-state index contributed by atoms with van der Waals surface area (Å²) in [6.45, 7) is 6.36. The highest BCUT2D eigenvalue weighted by molar-refractivity contribution is 5.97. The van der Waals surface area contributed by atoms with Gasteiger partial charge in [0.15, 0.2) is 0 Å². The monoisotopic (exact) mass is 246 g/mol. The molecule has 0 aromatic carbocycles. The van der Waals surface area contributed by atoms with Crippen molar-refractivity contribution in [3.8, 4) is 0 Å². The molecule has 98 valence electrons. The van der Waals surface area contributed by atoms with E-state index >= 15 is 0 Å². The number of aliphatic carboxylic acids is 2. The second kappa shape index (κ2) is 7.54. The summed E-state index contributed by atoms with van der Waals surface area (Å²) < 4.78 is 0. The zero-order chi connectivity index (χ0) is 14.2. The van der Waals surface area contributed by atoms with Crippen LogP contribution in [0.15, 0.2) is 0 Å². The third-order valence-corrected chi connectivity index (χ3v) is 1.55. The van der Waals surface area contributed by atoms with Gasteiger partial charge in [-0.2, -0.15) is 0 Å². The van der Waals surface area contributed by atoms with E-state index in [0.29, 0.717) is 0 Å². The summed E-state index contributed by atoms with van der Waals surface area (Å²) in [5.41, 5.74) is -0.529. The van der Waals surface area contributed by atoms with Gasteiger partial charge >= 0.3 is 11.9 Å². The van der Waals surface area contributed by atoms with Crippen LogP contribution in [-0.4, -0.2) is 33.7 Å². The van der Waals surface area contributed by atoms with E-state index in [9.17, 15) is 19.2 Å². The average molecular weight is 246 g/mol. The van der Waals surface area contributed by atoms with Gasteiger partial charge in [0.1, 0.15) is 24.4 Å². The quantitative estimate of drug-likeness (QED) is 0.719. The van der Waals surface area contributed by atoms with Crippen molar-refractivity contribution in [2.24, 2.45) is 5.41 Å². The Morgan fingerprint density at radius 2 is 1.24 bits per heavy atom. The lowest BCUT2D eigenvalue weighted by atomic mass is 9.89. The normalized spacial score (nSPS) is 9.88. The molecule has 0 amide bonds. The minimum absolute atomic E-state index is 0.236. The third-order valence-electron chi connectivity index (χ3n) is 1.55. The van der Waals surface area contributed by atoms with Crippen LogP contribution in [0.25, 0.3) is 0 Å². The van der Waals surface area contributed by atoms with E-state index in [1.54, 1.807) is 20.8 Å². The number of Topliss-reactive ketones (excluding diaryl/α,β-unsaturated/α-hetero) is 2. The molecule has 0 saturated carbocycles. The molecular formula is C11H18O6. The standard InChI is InChI=1S/C7H12O3.C4H6O3/c1-7(2,3)5(8)4-6(9)10;1-3(5)2-4(6)7/h4H2,1-3H3,(H,9,10);2H2,1H3,(H,6,7). The Morgan fingerprint density at radius 1 is 0.882 bits per heavy atom. The zero-order valence-electron chi connectivity index (χ0n) is 10.4.